The van der Waals surface area contributed by atoms with Crippen LogP contribution in [-0.2, 0) is 26.3 Å². The lowest BCUT2D eigenvalue weighted by atomic mass is 9.82. The molecule has 0 saturated heterocycles. The van der Waals surface area contributed by atoms with Crippen molar-refractivity contribution in [2.24, 2.45) is 14.1 Å². The van der Waals surface area contributed by atoms with E-state index in [1.54, 1.807) is 53.0 Å². The summed E-state index contributed by atoms with van der Waals surface area (Å²) < 4.78 is 9.53. The number of imidazole rings is 1. The van der Waals surface area contributed by atoms with Gasteiger partial charge in [0.25, 0.3) is 5.56 Å². The van der Waals surface area contributed by atoms with E-state index in [2.05, 4.69) is 4.98 Å². The van der Waals surface area contributed by atoms with Crippen molar-refractivity contribution < 1.29 is 9.84 Å². The maximum atomic E-state index is 12.8. The Morgan fingerprint density at radius 3 is 2.63 bits per heavy atom. The van der Waals surface area contributed by atoms with Gasteiger partial charge in [0.1, 0.15) is 12.4 Å². The summed E-state index contributed by atoms with van der Waals surface area (Å²) in [5.74, 6) is 0.473. The predicted octanol–water partition coefficient (Wildman–Crippen LogP) is 4.77. The summed E-state index contributed by atoms with van der Waals surface area (Å²) in [6, 6.07) is 20.6. The number of nitrogens with zero attached hydrogens (tertiary/aromatic N) is 3. The van der Waals surface area contributed by atoms with E-state index in [0.717, 1.165) is 27.6 Å². The Bertz CT molecular complexity index is 1690. The third-order valence-electron chi connectivity index (χ3n) is 6.83. The minimum absolute atomic E-state index is 0.105. The van der Waals surface area contributed by atoms with E-state index in [1.165, 1.54) is 0 Å². The molecule has 1 unspecified atom stereocenters. The van der Waals surface area contributed by atoms with Gasteiger partial charge in [-0.2, -0.15) is 0 Å². The first kappa shape index (κ1) is 21.6. The number of aromatic nitrogens is 3. The molecule has 6 rings (SSSR count). The van der Waals surface area contributed by atoms with Crippen LogP contribution in [0.3, 0.4) is 0 Å². The number of halogens is 1. The van der Waals surface area contributed by atoms with Crippen LogP contribution in [-0.4, -0.2) is 19.2 Å². The number of hydrogen-bond acceptors (Lipinski definition) is 4. The lowest BCUT2D eigenvalue weighted by Crippen LogP contribution is -2.31. The molecule has 1 atom stereocenters. The second kappa shape index (κ2) is 7.83. The van der Waals surface area contributed by atoms with E-state index in [4.69, 9.17) is 16.3 Å². The summed E-state index contributed by atoms with van der Waals surface area (Å²) in [5, 5.41) is 13.8. The third-order valence-corrected chi connectivity index (χ3v) is 7.15. The van der Waals surface area contributed by atoms with Gasteiger partial charge in [-0.25, -0.2) is 4.98 Å². The molecule has 6 bridgehead atoms. The van der Waals surface area contributed by atoms with Crippen LogP contribution in [0.5, 0.6) is 5.75 Å². The highest BCUT2D eigenvalue weighted by Crippen LogP contribution is 2.41. The van der Waals surface area contributed by atoms with Gasteiger partial charge >= 0.3 is 0 Å². The summed E-state index contributed by atoms with van der Waals surface area (Å²) in [6.07, 6.45) is 3.31. The van der Waals surface area contributed by atoms with Gasteiger partial charge in [0.2, 0.25) is 0 Å². The zero-order chi connectivity index (χ0) is 24.3. The van der Waals surface area contributed by atoms with Crippen LogP contribution in [0.25, 0.3) is 22.0 Å². The molecule has 6 nitrogen and oxygen atoms in total. The highest BCUT2D eigenvalue weighted by atomic mass is 35.5. The summed E-state index contributed by atoms with van der Waals surface area (Å²) in [7, 11) is 3.60. The molecule has 0 fully saturated rings. The molecule has 3 heterocycles. The first-order chi connectivity index (χ1) is 16.9. The van der Waals surface area contributed by atoms with Crippen molar-refractivity contribution in [3.8, 4) is 16.9 Å². The monoisotopic (exact) mass is 483 g/mol. The van der Waals surface area contributed by atoms with Crippen LogP contribution in [0.2, 0.25) is 5.02 Å². The van der Waals surface area contributed by atoms with Crippen molar-refractivity contribution in [2.45, 2.75) is 12.2 Å². The van der Waals surface area contributed by atoms with Gasteiger partial charge in [-0.05, 0) is 58.1 Å². The molecule has 5 aromatic rings. The molecule has 1 aliphatic rings. The van der Waals surface area contributed by atoms with Gasteiger partial charge in [-0.3, -0.25) is 4.79 Å². The molecule has 0 spiro atoms. The Labute approximate surface area is 206 Å². The van der Waals surface area contributed by atoms with E-state index < -0.39 is 5.60 Å². The summed E-state index contributed by atoms with van der Waals surface area (Å²) in [5.41, 5.74) is 3.57. The number of aliphatic hydroxyl groups is 1. The van der Waals surface area contributed by atoms with Crippen LogP contribution in [0, 0.1) is 0 Å². The molecule has 1 N–H and O–H groups in total. The molecule has 35 heavy (non-hydrogen) atoms. The second-order valence-electron chi connectivity index (χ2n) is 8.92. The number of fused-ring (bicyclic) bond motifs is 6. The van der Waals surface area contributed by atoms with Gasteiger partial charge in [-0.15, -0.1) is 0 Å². The fourth-order valence-corrected chi connectivity index (χ4v) is 5.09. The largest absolute Gasteiger partial charge is 0.487 e. The summed E-state index contributed by atoms with van der Waals surface area (Å²) >= 11 is 6.49. The summed E-state index contributed by atoms with van der Waals surface area (Å²) in [4.78, 5) is 17.1. The first-order valence-electron chi connectivity index (χ1n) is 11.2. The van der Waals surface area contributed by atoms with Crippen LogP contribution >= 0.6 is 11.6 Å². The lowest BCUT2D eigenvalue weighted by Gasteiger charge is -2.30. The van der Waals surface area contributed by atoms with Gasteiger partial charge in [0, 0.05) is 25.5 Å². The van der Waals surface area contributed by atoms with Gasteiger partial charge in [0.05, 0.1) is 28.8 Å². The second-order valence-corrected chi connectivity index (χ2v) is 9.33. The zero-order valence-corrected chi connectivity index (χ0v) is 20.0. The third kappa shape index (κ3) is 3.29. The molecule has 174 valence electrons. The number of aryl methyl sites for hydroxylation is 2. The van der Waals surface area contributed by atoms with E-state index >= 15 is 0 Å². The van der Waals surface area contributed by atoms with Crippen LogP contribution in [0.1, 0.15) is 22.4 Å². The van der Waals surface area contributed by atoms with Crippen molar-refractivity contribution in [3.63, 3.8) is 0 Å². The molecule has 7 heteroatoms. The molecule has 1 aliphatic heterocycles. The molecule has 0 radical (unpaired) electrons. The molecular weight excluding hydrogens is 462 g/mol. The maximum absolute atomic E-state index is 12.8. The number of benzene rings is 3. The highest BCUT2D eigenvalue weighted by Gasteiger charge is 2.37. The number of hydrogen-bond donors (Lipinski definition) is 1. The van der Waals surface area contributed by atoms with Crippen molar-refractivity contribution >= 4 is 22.5 Å². The minimum atomic E-state index is -1.55. The zero-order valence-electron chi connectivity index (χ0n) is 19.2. The van der Waals surface area contributed by atoms with Crippen LogP contribution in [0.15, 0.2) is 84.0 Å². The van der Waals surface area contributed by atoms with E-state index in [1.807, 2.05) is 49.5 Å². The molecule has 2 aromatic heterocycles. The van der Waals surface area contributed by atoms with Crippen LogP contribution in [0.4, 0.5) is 0 Å². The minimum Gasteiger partial charge on any atom is -0.487 e. The quantitative estimate of drug-likeness (QED) is 0.373. The highest BCUT2D eigenvalue weighted by molar-refractivity contribution is 6.32. The van der Waals surface area contributed by atoms with E-state index in [0.29, 0.717) is 27.6 Å². The topological polar surface area (TPSA) is 69.3 Å². The van der Waals surface area contributed by atoms with Crippen molar-refractivity contribution in [2.75, 3.05) is 0 Å². The van der Waals surface area contributed by atoms with E-state index in [-0.39, 0.29) is 12.2 Å². The SMILES string of the molecule is Cn1cncc1C1(O)c2ccc(Cl)c(c2)OCc2cccc(c2)-c2cc(=O)n(C)c3ccc1cc23. The average Bonchev–Trinajstić information content (AvgIpc) is 3.31. The molecular formula is C28H22ClN3O3. The fourth-order valence-electron chi connectivity index (χ4n) is 4.92. The Kier molecular flexibility index (Phi) is 4.85. The van der Waals surface area contributed by atoms with Crippen molar-refractivity contribution in [1.29, 1.82) is 0 Å². The normalized spacial score (nSPS) is 16.9. The number of ether oxygens (including phenoxy) is 1. The Morgan fingerprint density at radius 1 is 1.03 bits per heavy atom. The van der Waals surface area contributed by atoms with Crippen molar-refractivity contribution in [3.05, 3.63) is 117 Å². The Balaban J connectivity index is 1.77. The smallest absolute Gasteiger partial charge is 0.251 e. The van der Waals surface area contributed by atoms with Gasteiger partial charge < -0.3 is 19.0 Å². The van der Waals surface area contributed by atoms with E-state index in [9.17, 15) is 9.90 Å². The average molecular weight is 484 g/mol. The maximum Gasteiger partial charge on any atom is 0.251 e. The van der Waals surface area contributed by atoms with Crippen LogP contribution < -0.4 is 10.3 Å². The Hall–Kier alpha value is -3.87. The van der Waals surface area contributed by atoms with Crippen molar-refractivity contribution in [1.82, 2.24) is 14.1 Å². The molecule has 3 aromatic carbocycles. The predicted molar refractivity (Wildman–Crippen MR) is 136 cm³/mol. The van der Waals surface area contributed by atoms with Gasteiger partial charge in [-0.1, -0.05) is 41.9 Å². The molecule has 0 aliphatic carbocycles. The van der Waals surface area contributed by atoms with Gasteiger partial charge in [0.15, 0.2) is 5.60 Å². The number of pyridine rings is 1. The lowest BCUT2D eigenvalue weighted by molar-refractivity contribution is 0.117. The standard InChI is InChI=1S/C28H22ClN3O3/c1-31-16-30-14-26(31)28(34)19-7-9-24-22(11-19)21(13-27(33)32(24)2)18-5-3-4-17(10-18)15-35-25-12-20(28)6-8-23(25)29/h3-14,16,34H,15H2,1-2H3. The molecule has 0 amide bonds. The number of rotatable bonds is 1. The Morgan fingerprint density at radius 2 is 1.83 bits per heavy atom. The molecule has 0 saturated carbocycles. The summed E-state index contributed by atoms with van der Waals surface area (Å²) in [6.45, 7) is 0.284. The fraction of sp³-hybridized carbons (Fsp3) is 0.143. The first-order valence-corrected chi connectivity index (χ1v) is 11.6.